The van der Waals surface area contributed by atoms with Gasteiger partial charge in [0.05, 0.1) is 11.9 Å². The largest absolute Gasteiger partial charge is 0.506 e. The molecule has 3 rings (SSSR count). The summed E-state index contributed by atoms with van der Waals surface area (Å²) in [5.74, 6) is 0.00703. The summed E-state index contributed by atoms with van der Waals surface area (Å²) in [6, 6.07) is 14.7. The highest BCUT2D eigenvalue weighted by Crippen LogP contribution is 2.36. The minimum atomic E-state index is -3.43. The first-order valence-electron chi connectivity index (χ1n) is 13.2. The Morgan fingerprint density at radius 2 is 1.77 bits per heavy atom. The maximum absolute atomic E-state index is 11.8. The third kappa shape index (κ3) is 9.13. The van der Waals surface area contributed by atoms with E-state index in [9.17, 15) is 13.5 Å². The van der Waals surface area contributed by atoms with Gasteiger partial charge in [0.15, 0.2) is 0 Å². The van der Waals surface area contributed by atoms with Crippen LogP contribution in [0.1, 0.15) is 62.1 Å². The van der Waals surface area contributed by atoms with Crippen molar-refractivity contribution < 1.29 is 13.5 Å². The predicted octanol–water partition coefficient (Wildman–Crippen LogP) is 4.73. The molecule has 35 heavy (non-hydrogen) atoms. The van der Waals surface area contributed by atoms with Crippen molar-refractivity contribution in [2.45, 2.75) is 70.8 Å². The number of fused-ring (bicyclic) bond motifs is 1. The van der Waals surface area contributed by atoms with Gasteiger partial charge in [0.1, 0.15) is 5.75 Å². The van der Waals surface area contributed by atoms with Crippen LogP contribution in [-0.2, 0) is 29.3 Å². The van der Waals surface area contributed by atoms with Gasteiger partial charge in [-0.25, -0.2) is 8.42 Å². The van der Waals surface area contributed by atoms with Crippen LogP contribution in [0.2, 0.25) is 0 Å². The number of phenolic OH excluding ortho intramolecular Hbond substituents is 1. The van der Waals surface area contributed by atoms with Crippen LogP contribution in [0, 0.1) is 0 Å². The Labute approximate surface area is 212 Å². The van der Waals surface area contributed by atoms with Crippen molar-refractivity contribution in [1.29, 1.82) is 0 Å². The van der Waals surface area contributed by atoms with Crippen LogP contribution in [0.4, 0.5) is 5.69 Å². The number of phenols is 1. The lowest BCUT2D eigenvalue weighted by Gasteiger charge is -2.36. The molecule has 0 fully saturated rings. The van der Waals surface area contributed by atoms with Gasteiger partial charge in [0.2, 0.25) is 10.0 Å². The lowest BCUT2D eigenvalue weighted by Crippen LogP contribution is -2.40. The lowest BCUT2D eigenvalue weighted by atomic mass is 9.86. The monoisotopic (exact) mass is 501 g/mol. The molecule has 0 aliphatic heterocycles. The Bertz CT molecular complexity index is 1010. The van der Waals surface area contributed by atoms with E-state index in [2.05, 4.69) is 52.2 Å². The summed E-state index contributed by atoms with van der Waals surface area (Å²) in [5, 5.41) is 13.8. The van der Waals surface area contributed by atoms with Crippen molar-refractivity contribution in [3.8, 4) is 5.75 Å². The van der Waals surface area contributed by atoms with Gasteiger partial charge in [-0.15, -0.1) is 0 Å². The summed E-state index contributed by atoms with van der Waals surface area (Å²) in [6.45, 7) is 6.56. The first-order chi connectivity index (χ1) is 16.9. The van der Waals surface area contributed by atoms with Crippen LogP contribution in [0.5, 0.6) is 5.75 Å². The Hall–Kier alpha value is -2.09. The summed E-state index contributed by atoms with van der Waals surface area (Å²) in [6.07, 6.45) is 10.9. The molecule has 0 bridgehead atoms. The van der Waals surface area contributed by atoms with E-state index in [1.807, 2.05) is 6.07 Å². The van der Waals surface area contributed by atoms with Gasteiger partial charge in [-0.1, -0.05) is 56.2 Å². The third-order valence-electron chi connectivity index (χ3n) is 6.87. The quantitative estimate of drug-likeness (QED) is 0.243. The van der Waals surface area contributed by atoms with Crippen LogP contribution in [0.25, 0.3) is 0 Å². The number of hydrogen-bond donors (Lipinski definition) is 3. The van der Waals surface area contributed by atoms with Gasteiger partial charge in [-0.2, -0.15) is 0 Å². The number of nitrogens with one attached hydrogen (secondary N) is 2. The summed E-state index contributed by atoms with van der Waals surface area (Å²) in [7, 11) is -3.43. The minimum absolute atomic E-state index is 0.00703. The second-order valence-corrected chi connectivity index (χ2v) is 11.6. The second kappa shape index (κ2) is 13.9. The minimum Gasteiger partial charge on any atom is -0.506 e. The van der Waals surface area contributed by atoms with Gasteiger partial charge >= 0.3 is 0 Å². The van der Waals surface area contributed by atoms with Crippen LogP contribution < -0.4 is 10.0 Å². The maximum Gasteiger partial charge on any atom is 0.229 e. The lowest BCUT2D eigenvalue weighted by molar-refractivity contribution is 0.176. The highest BCUT2D eigenvalue weighted by molar-refractivity contribution is 7.92. The fourth-order valence-electron chi connectivity index (χ4n) is 5.12. The van der Waals surface area contributed by atoms with Crippen LogP contribution >= 0.6 is 0 Å². The Morgan fingerprint density at radius 3 is 2.51 bits per heavy atom. The van der Waals surface area contributed by atoms with Crippen LogP contribution in [0.3, 0.4) is 0 Å². The molecule has 1 aliphatic rings. The molecule has 194 valence electrons. The van der Waals surface area contributed by atoms with E-state index in [0.29, 0.717) is 11.7 Å². The number of aromatic hydroxyl groups is 1. The van der Waals surface area contributed by atoms with Crippen molar-refractivity contribution in [3.63, 3.8) is 0 Å². The topological polar surface area (TPSA) is 81.7 Å². The standard InChI is InChI=1S/C28H43N3O3S/c1-3-20-31(21-10-5-4-9-18-29-19-17-23-11-7-6-8-12-23)25-14-15-26-24(22-25)13-16-27(32)28(26)30-35(2,33)34/h6-8,11-13,16,25,29-30,32H,3-5,9-10,14-15,17-22H2,1-2H3. The first kappa shape index (κ1) is 27.5. The first-order valence-corrected chi connectivity index (χ1v) is 15.1. The van der Waals surface area contributed by atoms with Gasteiger partial charge in [-0.3, -0.25) is 4.72 Å². The van der Waals surface area contributed by atoms with E-state index >= 15 is 0 Å². The summed E-state index contributed by atoms with van der Waals surface area (Å²) in [5.41, 5.74) is 3.85. The molecule has 0 aromatic heterocycles. The molecule has 0 radical (unpaired) electrons. The summed E-state index contributed by atoms with van der Waals surface area (Å²) >= 11 is 0. The maximum atomic E-state index is 11.8. The molecular formula is C28H43N3O3S. The van der Waals surface area contributed by atoms with Gasteiger partial charge < -0.3 is 15.3 Å². The zero-order valence-corrected chi connectivity index (χ0v) is 22.2. The molecule has 1 aliphatic carbocycles. The average Bonchev–Trinajstić information content (AvgIpc) is 2.84. The van der Waals surface area contributed by atoms with E-state index in [4.69, 9.17) is 0 Å². The number of benzene rings is 2. The Kier molecular flexibility index (Phi) is 10.9. The van der Waals surface area contributed by atoms with E-state index in [1.54, 1.807) is 6.07 Å². The number of hydrogen-bond acceptors (Lipinski definition) is 5. The fraction of sp³-hybridized carbons (Fsp3) is 0.571. The molecule has 7 heteroatoms. The predicted molar refractivity (Wildman–Crippen MR) is 146 cm³/mol. The smallest absolute Gasteiger partial charge is 0.229 e. The molecule has 2 aromatic carbocycles. The molecule has 0 amide bonds. The molecule has 3 N–H and O–H groups in total. The van der Waals surface area contributed by atoms with E-state index < -0.39 is 10.0 Å². The average molecular weight is 502 g/mol. The summed E-state index contributed by atoms with van der Waals surface area (Å²) in [4.78, 5) is 2.62. The van der Waals surface area contributed by atoms with E-state index in [-0.39, 0.29) is 5.75 Å². The molecule has 0 heterocycles. The highest BCUT2D eigenvalue weighted by atomic mass is 32.2. The number of anilines is 1. The van der Waals surface area contributed by atoms with Crippen molar-refractivity contribution in [1.82, 2.24) is 10.2 Å². The molecular weight excluding hydrogens is 458 g/mol. The summed E-state index contributed by atoms with van der Waals surface area (Å²) < 4.78 is 26.1. The highest BCUT2D eigenvalue weighted by Gasteiger charge is 2.27. The van der Waals surface area contributed by atoms with Gasteiger partial charge in [0, 0.05) is 6.04 Å². The number of rotatable bonds is 15. The molecule has 1 atom stereocenters. The third-order valence-corrected chi connectivity index (χ3v) is 7.44. The van der Waals surface area contributed by atoms with Crippen molar-refractivity contribution >= 4 is 15.7 Å². The van der Waals surface area contributed by atoms with Gasteiger partial charge in [-0.05, 0) is 93.9 Å². The van der Waals surface area contributed by atoms with E-state index in [1.165, 1.54) is 31.2 Å². The molecule has 0 saturated carbocycles. The molecule has 2 aromatic rings. The van der Waals surface area contributed by atoms with Gasteiger partial charge in [0.25, 0.3) is 0 Å². The number of unbranched alkanes of at least 4 members (excludes halogenated alkanes) is 3. The van der Waals surface area contributed by atoms with Crippen molar-refractivity contribution in [3.05, 3.63) is 59.2 Å². The molecule has 6 nitrogen and oxygen atoms in total. The van der Waals surface area contributed by atoms with Crippen molar-refractivity contribution in [2.24, 2.45) is 0 Å². The molecule has 1 unspecified atom stereocenters. The normalized spacial score (nSPS) is 15.8. The Morgan fingerprint density at radius 1 is 1.00 bits per heavy atom. The second-order valence-electron chi connectivity index (χ2n) is 9.80. The molecule has 0 spiro atoms. The molecule has 0 saturated heterocycles. The number of sulfonamides is 1. The zero-order valence-electron chi connectivity index (χ0n) is 21.4. The van der Waals surface area contributed by atoms with Crippen molar-refractivity contribution in [2.75, 3.05) is 37.2 Å². The fourth-order valence-corrected chi connectivity index (χ4v) is 5.72. The van der Waals surface area contributed by atoms with E-state index in [0.717, 1.165) is 75.7 Å². The number of nitrogens with zero attached hydrogens (tertiary/aromatic N) is 1. The zero-order chi connectivity index (χ0) is 25.1. The Balaban J connectivity index is 1.40. The van der Waals surface area contributed by atoms with Crippen LogP contribution in [-0.4, -0.2) is 56.9 Å². The van der Waals surface area contributed by atoms with Crippen LogP contribution in [0.15, 0.2) is 42.5 Å². The SMILES string of the molecule is CCCN(CCCCCCNCCc1ccccc1)C1CCc2c(ccc(O)c2NS(C)(=O)=O)C1.